The fraction of sp³-hybridized carbons (Fsp3) is 0.611. The van der Waals surface area contributed by atoms with Crippen LogP contribution in [-0.4, -0.2) is 28.5 Å². The molecule has 2 fully saturated rings. The smallest absolute Gasteiger partial charge is 0.246 e. The highest BCUT2D eigenvalue weighted by molar-refractivity contribution is 7.11. The summed E-state index contributed by atoms with van der Waals surface area (Å²) in [6, 6.07) is 2.39. The Morgan fingerprint density at radius 3 is 2.68 bits per heavy atom. The zero-order valence-electron chi connectivity index (χ0n) is 13.0. The highest BCUT2D eigenvalue weighted by Crippen LogP contribution is 2.32. The van der Waals surface area contributed by atoms with Gasteiger partial charge in [-0.1, -0.05) is 19.3 Å². The van der Waals surface area contributed by atoms with E-state index in [1.54, 1.807) is 17.4 Å². The highest BCUT2D eigenvalue weighted by Gasteiger charge is 2.30. The Labute approximate surface area is 136 Å². The van der Waals surface area contributed by atoms with E-state index in [4.69, 9.17) is 5.11 Å². The van der Waals surface area contributed by atoms with Gasteiger partial charge in [0.05, 0.1) is 6.61 Å². The molecule has 0 aliphatic heterocycles. The molecule has 0 spiro atoms. The molecule has 22 heavy (non-hydrogen) atoms. The van der Waals surface area contributed by atoms with Crippen LogP contribution >= 0.6 is 11.3 Å². The number of rotatable bonds is 6. The summed E-state index contributed by atoms with van der Waals surface area (Å²) in [4.78, 5) is 15.8. The molecular weight excluding hydrogens is 294 g/mol. The van der Waals surface area contributed by atoms with Crippen molar-refractivity contribution in [2.75, 3.05) is 6.54 Å². The molecule has 120 valence electrons. The van der Waals surface area contributed by atoms with Crippen molar-refractivity contribution in [3.63, 3.8) is 0 Å². The molecule has 4 heteroatoms. The van der Waals surface area contributed by atoms with Crippen LogP contribution in [0.1, 0.15) is 55.4 Å². The summed E-state index contributed by atoms with van der Waals surface area (Å²) in [5, 5.41) is 11.0. The summed E-state index contributed by atoms with van der Waals surface area (Å²) in [5.74, 6) is 0.903. The summed E-state index contributed by atoms with van der Waals surface area (Å²) < 4.78 is 0. The van der Waals surface area contributed by atoms with Crippen LogP contribution in [-0.2, 0) is 11.4 Å². The van der Waals surface area contributed by atoms with Gasteiger partial charge in [-0.2, -0.15) is 0 Å². The molecular formula is C18H25NO2S. The van der Waals surface area contributed by atoms with Crippen molar-refractivity contribution in [2.24, 2.45) is 5.92 Å². The first-order valence-electron chi connectivity index (χ1n) is 8.43. The summed E-state index contributed by atoms with van der Waals surface area (Å²) in [6.07, 6.45) is 12.4. The molecule has 3 rings (SSSR count). The minimum Gasteiger partial charge on any atom is -0.392 e. The third-order valence-corrected chi connectivity index (χ3v) is 5.64. The van der Waals surface area contributed by atoms with Gasteiger partial charge in [-0.15, -0.1) is 11.3 Å². The van der Waals surface area contributed by atoms with Crippen molar-refractivity contribution in [3.05, 3.63) is 28.0 Å². The molecule has 0 bridgehead atoms. The van der Waals surface area contributed by atoms with Crippen LogP contribution in [0.2, 0.25) is 0 Å². The van der Waals surface area contributed by atoms with Gasteiger partial charge in [-0.25, -0.2) is 0 Å². The first kappa shape index (κ1) is 15.8. The minimum atomic E-state index is 0.0637. The van der Waals surface area contributed by atoms with E-state index in [0.717, 1.165) is 22.9 Å². The second-order valence-corrected chi connectivity index (χ2v) is 7.52. The summed E-state index contributed by atoms with van der Waals surface area (Å²) in [5.41, 5.74) is 0.916. The van der Waals surface area contributed by atoms with Crippen molar-refractivity contribution >= 4 is 23.3 Å². The predicted molar refractivity (Wildman–Crippen MR) is 90.6 cm³/mol. The first-order chi connectivity index (χ1) is 10.8. The number of amides is 1. The maximum absolute atomic E-state index is 12.6. The Morgan fingerprint density at radius 2 is 2.05 bits per heavy atom. The van der Waals surface area contributed by atoms with E-state index in [0.29, 0.717) is 6.04 Å². The Hall–Kier alpha value is -1.13. The second kappa shape index (κ2) is 7.42. The molecule has 1 heterocycles. The van der Waals surface area contributed by atoms with Gasteiger partial charge < -0.3 is 10.0 Å². The Balaban J connectivity index is 1.64. The molecule has 2 aliphatic rings. The lowest BCUT2D eigenvalue weighted by Gasteiger charge is -2.34. The molecule has 1 aromatic rings. The van der Waals surface area contributed by atoms with E-state index in [1.807, 2.05) is 17.5 Å². The highest BCUT2D eigenvalue weighted by atomic mass is 32.1. The molecule has 1 N–H and O–H groups in total. The van der Waals surface area contributed by atoms with Crippen molar-refractivity contribution in [3.8, 4) is 0 Å². The lowest BCUT2D eigenvalue weighted by atomic mass is 9.94. The van der Waals surface area contributed by atoms with Crippen LogP contribution in [0.15, 0.2) is 17.5 Å². The number of carbonyl (C=O) groups is 1. The number of aliphatic hydroxyl groups is 1. The van der Waals surface area contributed by atoms with Gasteiger partial charge in [0.15, 0.2) is 0 Å². The van der Waals surface area contributed by atoms with Crippen molar-refractivity contribution in [2.45, 2.75) is 57.6 Å². The molecule has 0 aromatic carbocycles. The Morgan fingerprint density at radius 1 is 1.27 bits per heavy atom. The van der Waals surface area contributed by atoms with E-state index < -0.39 is 0 Å². The van der Waals surface area contributed by atoms with Gasteiger partial charge in [-0.05, 0) is 54.7 Å². The number of aliphatic hydroxyl groups excluding tert-OH is 1. The number of nitrogens with zero attached hydrogens (tertiary/aromatic N) is 1. The van der Waals surface area contributed by atoms with Gasteiger partial charge in [0, 0.05) is 23.5 Å². The van der Waals surface area contributed by atoms with Crippen LogP contribution < -0.4 is 0 Å². The quantitative estimate of drug-likeness (QED) is 0.810. The zero-order valence-corrected chi connectivity index (χ0v) is 13.9. The van der Waals surface area contributed by atoms with Crippen LogP contribution in [0.4, 0.5) is 0 Å². The Bertz CT molecular complexity index is 527. The van der Waals surface area contributed by atoms with Crippen molar-refractivity contribution < 1.29 is 9.90 Å². The monoisotopic (exact) mass is 319 g/mol. The summed E-state index contributed by atoms with van der Waals surface area (Å²) in [7, 11) is 0. The normalized spacial score (nSPS) is 19.7. The summed E-state index contributed by atoms with van der Waals surface area (Å²) in [6.45, 7) is 1.01. The van der Waals surface area contributed by atoms with Gasteiger partial charge in [0.2, 0.25) is 5.91 Å². The van der Waals surface area contributed by atoms with E-state index in [9.17, 15) is 4.79 Å². The number of hydrogen-bond donors (Lipinski definition) is 1. The van der Waals surface area contributed by atoms with E-state index in [2.05, 4.69) is 4.90 Å². The van der Waals surface area contributed by atoms with E-state index >= 15 is 0 Å². The largest absolute Gasteiger partial charge is 0.392 e. The second-order valence-electron chi connectivity index (χ2n) is 6.57. The molecule has 3 nitrogen and oxygen atoms in total. The SMILES string of the molecule is O=C(/C=C/c1cc(CO)cs1)N(CC1CC1)C1CCCCC1. The first-order valence-corrected chi connectivity index (χ1v) is 9.31. The van der Waals surface area contributed by atoms with Gasteiger partial charge >= 0.3 is 0 Å². The van der Waals surface area contributed by atoms with Gasteiger partial charge in [0.1, 0.15) is 0 Å². The van der Waals surface area contributed by atoms with Gasteiger partial charge in [-0.3, -0.25) is 4.79 Å². The van der Waals surface area contributed by atoms with Gasteiger partial charge in [0.25, 0.3) is 0 Å². The van der Waals surface area contributed by atoms with Crippen molar-refractivity contribution in [1.29, 1.82) is 0 Å². The minimum absolute atomic E-state index is 0.0637. The van der Waals surface area contributed by atoms with E-state index in [1.165, 1.54) is 44.9 Å². The molecule has 0 atom stereocenters. The zero-order chi connectivity index (χ0) is 15.4. The van der Waals surface area contributed by atoms with Crippen LogP contribution in [0.25, 0.3) is 6.08 Å². The fourth-order valence-corrected chi connectivity index (χ4v) is 4.00. The van der Waals surface area contributed by atoms with Crippen LogP contribution in [0.3, 0.4) is 0 Å². The van der Waals surface area contributed by atoms with Crippen LogP contribution in [0.5, 0.6) is 0 Å². The average molecular weight is 319 g/mol. The summed E-state index contributed by atoms with van der Waals surface area (Å²) >= 11 is 1.57. The maximum Gasteiger partial charge on any atom is 0.246 e. The predicted octanol–water partition coefficient (Wildman–Crippen LogP) is 3.82. The third-order valence-electron chi connectivity index (χ3n) is 4.70. The van der Waals surface area contributed by atoms with Crippen LogP contribution in [0, 0.1) is 5.92 Å². The molecule has 1 aromatic heterocycles. The molecule has 0 saturated heterocycles. The van der Waals surface area contributed by atoms with Crippen molar-refractivity contribution in [1.82, 2.24) is 4.90 Å². The third kappa shape index (κ3) is 4.20. The fourth-order valence-electron chi connectivity index (χ4n) is 3.20. The molecule has 2 saturated carbocycles. The molecule has 0 radical (unpaired) electrons. The lowest BCUT2D eigenvalue weighted by Crippen LogP contribution is -2.41. The Kier molecular flexibility index (Phi) is 5.32. The average Bonchev–Trinajstić information content (AvgIpc) is 3.26. The lowest BCUT2D eigenvalue weighted by molar-refractivity contribution is -0.129. The molecule has 1 amide bonds. The standard InChI is InChI=1S/C18H25NO2S/c20-12-15-10-17(22-13-15)8-9-18(21)19(11-14-6-7-14)16-4-2-1-3-5-16/h8-10,13-14,16,20H,1-7,11-12H2/b9-8+. The number of carbonyl (C=O) groups excluding carboxylic acids is 1. The molecule has 0 unspecified atom stereocenters. The molecule has 2 aliphatic carbocycles. The maximum atomic E-state index is 12.6. The number of thiophene rings is 1. The topological polar surface area (TPSA) is 40.5 Å². The number of hydrogen-bond acceptors (Lipinski definition) is 3. The van der Waals surface area contributed by atoms with E-state index in [-0.39, 0.29) is 12.5 Å².